The van der Waals surface area contributed by atoms with E-state index in [2.05, 4.69) is 24.1 Å². The van der Waals surface area contributed by atoms with Crippen LogP contribution in [0.1, 0.15) is 53.4 Å². The molecule has 1 aliphatic carbocycles. The molecule has 1 aliphatic heterocycles. The van der Waals surface area contributed by atoms with Gasteiger partial charge in [-0.15, -0.1) is 0 Å². The Morgan fingerprint density at radius 3 is 2.08 bits per heavy atom. The van der Waals surface area contributed by atoms with Gasteiger partial charge in [-0.2, -0.15) is 0 Å². The third-order valence-corrected chi connectivity index (χ3v) is 6.30. The number of nitrogens with two attached hydrogens (primary N) is 1. The minimum atomic E-state index is -0.555. The predicted octanol–water partition coefficient (Wildman–Crippen LogP) is 1.44. The van der Waals surface area contributed by atoms with Crippen molar-refractivity contribution in [1.29, 1.82) is 0 Å². The van der Waals surface area contributed by atoms with Gasteiger partial charge in [0.05, 0.1) is 12.6 Å². The lowest BCUT2D eigenvalue weighted by atomic mass is 9.79. The first-order valence-corrected chi connectivity index (χ1v) is 10.3. The lowest BCUT2D eigenvalue weighted by Crippen LogP contribution is -2.55. The van der Waals surface area contributed by atoms with E-state index in [0.29, 0.717) is 6.04 Å². The summed E-state index contributed by atoms with van der Waals surface area (Å²) in [6.45, 7) is 11.9. The molecule has 6 heteroatoms. The average Bonchev–Trinajstić information content (AvgIpc) is 2.65. The van der Waals surface area contributed by atoms with Gasteiger partial charge in [-0.05, 0) is 43.4 Å². The minimum Gasteiger partial charge on any atom is -0.346 e. The smallest absolute Gasteiger partial charge is 0.242 e. The van der Waals surface area contributed by atoms with Crippen molar-refractivity contribution in [3.63, 3.8) is 0 Å². The van der Waals surface area contributed by atoms with E-state index in [1.165, 1.54) is 25.7 Å². The average molecular weight is 367 g/mol. The van der Waals surface area contributed by atoms with E-state index in [1.807, 2.05) is 18.7 Å². The number of piperazine rings is 1. The molecule has 0 aromatic carbocycles. The number of carbonyl (C=O) groups excluding carboxylic acids is 2. The van der Waals surface area contributed by atoms with Gasteiger partial charge in [-0.25, -0.2) is 0 Å². The molecule has 2 amide bonds. The van der Waals surface area contributed by atoms with Gasteiger partial charge >= 0.3 is 0 Å². The summed E-state index contributed by atoms with van der Waals surface area (Å²) < 4.78 is 0. The zero-order valence-electron chi connectivity index (χ0n) is 17.0. The maximum Gasteiger partial charge on any atom is 0.242 e. The SMILES string of the molecule is CC(C)C1CCC(N2CCN(C(=O)CNC(=O)[C@@H](N)C(C)C)CC2)CC1. The molecule has 0 radical (unpaired) electrons. The highest BCUT2D eigenvalue weighted by molar-refractivity contribution is 5.87. The normalized spacial score (nSPS) is 26.2. The van der Waals surface area contributed by atoms with Crippen LogP contribution in [-0.4, -0.2) is 66.4 Å². The van der Waals surface area contributed by atoms with E-state index in [1.54, 1.807) is 0 Å². The number of amides is 2. The van der Waals surface area contributed by atoms with Gasteiger partial charge in [0.2, 0.25) is 11.8 Å². The van der Waals surface area contributed by atoms with Crippen molar-refractivity contribution < 1.29 is 9.59 Å². The molecule has 0 bridgehead atoms. The van der Waals surface area contributed by atoms with Crippen LogP contribution in [0.25, 0.3) is 0 Å². The molecule has 0 aromatic heterocycles. The fourth-order valence-corrected chi connectivity index (χ4v) is 4.17. The first kappa shape index (κ1) is 21.2. The second-order valence-corrected chi connectivity index (χ2v) is 8.72. The number of rotatable bonds is 6. The van der Waals surface area contributed by atoms with Crippen molar-refractivity contribution >= 4 is 11.8 Å². The van der Waals surface area contributed by atoms with Crippen molar-refractivity contribution in [2.75, 3.05) is 32.7 Å². The second-order valence-electron chi connectivity index (χ2n) is 8.72. The highest BCUT2D eigenvalue weighted by Gasteiger charge is 2.30. The summed E-state index contributed by atoms with van der Waals surface area (Å²) >= 11 is 0. The molecule has 0 aromatic rings. The molecule has 1 saturated carbocycles. The molecule has 3 N–H and O–H groups in total. The van der Waals surface area contributed by atoms with Crippen LogP contribution in [0, 0.1) is 17.8 Å². The van der Waals surface area contributed by atoms with Gasteiger partial charge in [0.25, 0.3) is 0 Å². The molecule has 2 aliphatic rings. The van der Waals surface area contributed by atoms with Crippen LogP contribution < -0.4 is 11.1 Å². The molecule has 1 atom stereocenters. The Balaban J connectivity index is 1.69. The topological polar surface area (TPSA) is 78.7 Å². The molecular weight excluding hydrogens is 328 g/mol. The van der Waals surface area contributed by atoms with Crippen LogP contribution in [0.3, 0.4) is 0 Å². The Bertz CT molecular complexity index is 464. The second kappa shape index (κ2) is 9.70. The maximum absolute atomic E-state index is 12.3. The third kappa shape index (κ3) is 5.68. The van der Waals surface area contributed by atoms with Crippen molar-refractivity contribution in [1.82, 2.24) is 15.1 Å². The molecule has 6 nitrogen and oxygen atoms in total. The van der Waals surface area contributed by atoms with Gasteiger partial charge in [0.1, 0.15) is 0 Å². The Morgan fingerprint density at radius 2 is 1.58 bits per heavy atom. The maximum atomic E-state index is 12.3. The fraction of sp³-hybridized carbons (Fsp3) is 0.900. The van der Waals surface area contributed by atoms with Crippen molar-refractivity contribution in [3.8, 4) is 0 Å². The zero-order valence-corrected chi connectivity index (χ0v) is 17.0. The first-order valence-electron chi connectivity index (χ1n) is 10.3. The van der Waals surface area contributed by atoms with E-state index >= 15 is 0 Å². The molecule has 26 heavy (non-hydrogen) atoms. The predicted molar refractivity (Wildman–Crippen MR) is 105 cm³/mol. The van der Waals surface area contributed by atoms with Crippen molar-refractivity contribution in [2.45, 2.75) is 65.5 Å². The Hall–Kier alpha value is -1.14. The minimum absolute atomic E-state index is 0.00234. The summed E-state index contributed by atoms with van der Waals surface area (Å²) in [6, 6.07) is 0.131. The van der Waals surface area contributed by atoms with Gasteiger partial charge in [0.15, 0.2) is 0 Å². The largest absolute Gasteiger partial charge is 0.346 e. The van der Waals surface area contributed by atoms with Crippen molar-refractivity contribution in [2.24, 2.45) is 23.5 Å². The van der Waals surface area contributed by atoms with Crippen LogP contribution in [0.5, 0.6) is 0 Å². The number of carbonyl (C=O) groups is 2. The van der Waals surface area contributed by atoms with Crippen LogP contribution in [-0.2, 0) is 9.59 Å². The van der Waals surface area contributed by atoms with E-state index in [4.69, 9.17) is 5.73 Å². The van der Waals surface area contributed by atoms with Crippen LogP contribution >= 0.6 is 0 Å². The standard InChI is InChI=1S/C20H38N4O2/c1-14(2)16-5-7-17(8-6-16)23-9-11-24(12-10-23)18(25)13-22-20(26)19(21)15(3)4/h14-17,19H,5-13,21H2,1-4H3,(H,22,26)/t16?,17?,19-/m0/s1. The molecular formula is C20H38N4O2. The highest BCUT2D eigenvalue weighted by atomic mass is 16.2. The van der Waals surface area contributed by atoms with Gasteiger partial charge in [-0.1, -0.05) is 27.7 Å². The van der Waals surface area contributed by atoms with Gasteiger partial charge in [-0.3, -0.25) is 14.5 Å². The molecule has 150 valence electrons. The van der Waals surface area contributed by atoms with Crippen LogP contribution in [0.2, 0.25) is 0 Å². The monoisotopic (exact) mass is 366 g/mol. The van der Waals surface area contributed by atoms with E-state index in [9.17, 15) is 9.59 Å². The summed E-state index contributed by atoms with van der Waals surface area (Å²) in [5.41, 5.74) is 5.81. The summed E-state index contributed by atoms with van der Waals surface area (Å²) in [6.07, 6.45) is 5.26. The lowest BCUT2D eigenvalue weighted by Gasteiger charge is -2.42. The Labute approximate surface area is 158 Å². The Morgan fingerprint density at radius 1 is 1.00 bits per heavy atom. The van der Waals surface area contributed by atoms with E-state index < -0.39 is 6.04 Å². The Kier molecular flexibility index (Phi) is 7.89. The van der Waals surface area contributed by atoms with Gasteiger partial charge < -0.3 is 16.0 Å². The van der Waals surface area contributed by atoms with Crippen molar-refractivity contribution in [3.05, 3.63) is 0 Å². The van der Waals surface area contributed by atoms with E-state index in [0.717, 1.165) is 38.0 Å². The molecule has 0 spiro atoms. The van der Waals surface area contributed by atoms with E-state index in [-0.39, 0.29) is 24.3 Å². The molecule has 0 unspecified atom stereocenters. The molecule has 2 rings (SSSR count). The third-order valence-electron chi connectivity index (χ3n) is 6.30. The molecule has 2 fully saturated rings. The van der Waals surface area contributed by atoms with Crippen LogP contribution in [0.4, 0.5) is 0 Å². The summed E-state index contributed by atoms with van der Waals surface area (Å²) in [5.74, 6) is 1.50. The quantitative estimate of drug-likeness (QED) is 0.746. The number of nitrogens with one attached hydrogen (secondary N) is 1. The highest BCUT2D eigenvalue weighted by Crippen LogP contribution is 2.32. The first-order chi connectivity index (χ1) is 12.3. The van der Waals surface area contributed by atoms with Gasteiger partial charge in [0, 0.05) is 32.2 Å². The summed E-state index contributed by atoms with van der Waals surface area (Å²) in [5, 5.41) is 2.68. The number of hydrogen-bond donors (Lipinski definition) is 2. The summed E-state index contributed by atoms with van der Waals surface area (Å²) in [4.78, 5) is 28.7. The van der Waals surface area contributed by atoms with Crippen LogP contribution in [0.15, 0.2) is 0 Å². The molecule has 1 saturated heterocycles. The number of hydrogen-bond acceptors (Lipinski definition) is 4. The zero-order chi connectivity index (χ0) is 19.3. The lowest BCUT2D eigenvalue weighted by molar-refractivity contribution is -0.135. The fourth-order valence-electron chi connectivity index (χ4n) is 4.17. The summed E-state index contributed by atoms with van der Waals surface area (Å²) in [7, 11) is 0. The molecule has 1 heterocycles. The number of nitrogens with zero attached hydrogens (tertiary/aromatic N) is 2.